The first kappa shape index (κ1) is 11.0. The molecule has 0 atom stereocenters. The van der Waals surface area contributed by atoms with E-state index in [1.54, 1.807) is 0 Å². The summed E-state index contributed by atoms with van der Waals surface area (Å²) in [7, 11) is 0. The Morgan fingerprint density at radius 3 is 2.28 bits per heavy atom. The van der Waals surface area contributed by atoms with Gasteiger partial charge in [-0.25, -0.2) is 0 Å². The number of fused-ring (bicyclic) bond motifs is 1. The van der Waals surface area contributed by atoms with Crippen molar-refractivity contribution in [2.75, 3.05) is 0 Å². The Labute approximate surface area is 104 Å². The van der Waals surface area contributed by atoms with E-state index < -0.39 is 11.9 Å². The van der Waals surface area contributed by atoms with Gasteiger partial charge in [-0.3, -0.25) is 9.59 Å². The molecule has 2 aromatic rings. The fourth-order valence-corrected chi connectivity index (χ4v) is 2.38. The van der Waals surface area contributed by atoms with Crippen LogP contribution in [0.25, 0.3) is 10.8 Å². The summed E-state index contributed by atoms with van der Waals surface area (Å²) in [5.41, 5.74) is 1.03. The summed E-state index contributed by atoms with van der Waals surface area (Å²) in [5, 5.41) is 2.28. The van der Waals surface area contributed by atoms with Crippen molar-refractivity contribution in [1.29, 1.82) is 0 Å². The van der Waals surface area contributed by atoms with Crippen LogP contribution in [-0.2, 0) is 14.3 Å². The third-order valence-corrected chi connectivity index (χ3v) is 3.30. The summed E-state index contributed by atoms with van der Waals surface area (Å²) in [6, 6.07) is 14.1. The molecule has 0 amide bonds. The van der Waals surface area contributed by atoms with Crippen LogP contribution in [0.15, 0.2) is 42.5 Å². The lowest BCUT2D eigenvalue weighted by molar-refractivity contribution is -0.163. The molecule has 0 aromatic heterocycles. The van der Waals surface area contributed by atoms with Gasteiger partial charge in [-0.2, -0.15) is 0 Å². The molecule has 0 saturated carbocycles. The Morgan fingerprint density at radius 2 is 1.56 bits per heavy atom. The molecule has 0 spiro atoms. The Kier molecular flexibility index (Phi) is 2.59. The molecule has 1 aliphatic rings. The molecule has 1 aliphatic heterocycles. The zero-order valence-electron chi connectivity index (χ0n) is 9.76. The van der Waals surface area contributed by atoms with Crippen LogP contribution in [-0.4, -0.2) is 11.9 Å². The smallest absolute Gasteiger partial charge is 0.314 e. The second-order valence-electron chi connectivity index (χ2n) is 4.56. The van der Waals surface area contributed by atoms with Crippen molar-refractivity contribution in [3.8, 4) is 0 Å². The number of carbonyl (C=O) groups excluding carboxylic acids is 2. The third kappa shape index (κ3) is 1.99. The number of rotatable bonds is 1. The topological polar surface area (TPSA) is 43.4 Å². The van der Waals surface area contributed by atoms with Gasteiger partial charge < -0.3 is 4.74 Å². The maximum absolute atomic E-state index is 11.3. The number of benzene rings is 2. The summed E-state index contributed by atoms with van der Waals surface area (Å²) in [4.78, 5) is 22.6. The zero-order chi connectivity index (χ0) is 12.5. The van der Waals surface area contributed by atoms with E-state index >= 15 is 0 Å². The highest BCUT2D eigenvalue weighted by molar-refractivity contribution is 5.90. The van der Waals surface area contributed by atoms with Crippen LogP contribution in [0.3, 0.4) is 0 Å². The van der Waals surface area contributed by atoms with Crippen LogP contribution in [0.1, 0.15) is 24.3 Å². The zero-order valence-corrected chi connectivity index (χ0v) is 9.76. The number of ether oxygens (including phenoxy) is 1. The van der Waals surface area contributed by atoms with Crippen molar-refractivity contribution in [3.05, 3.63) is 48.0 Å². The highest BCUT2D eigenvalue weighted by Gasteiger charge is 2.28. The number of hydrogen-bond donors (Lipinski definition) is 0. The highest BCUT2D eigenvalue weighted by Crippen LogP contribution is 2.30. The first-order valence-corrected chi connectivity index (χ1v) is 5.94. The van der Waals surface area contributed by atoms with Gasteiger partial charge in [0.05, 0.1) is 12.8 Å². The monoisotopic (exact) mass is 240 g/mol. The van der Waals surface area contributed by atoms with Gasteiger partial charge in [-0.05, 0) is 16.3 Å². The lowest BCUT2D eigenvalue weighted by atomic mass is 9.90. The minimum Gasteiger partial charge on any atom is -0.393 e. The predicted molar refractivity (Wildman–Crippen MR) is 67.0 cm³/mol. The van der Waals surface area contributed by atoms with E-state index in [9.17, 15) is 9.59 Å². The first-order valence-electron chi connectivity index (χ1n) is 5.94. The number of hydrogen-bond acceptors (Lipinski definition) is 3. The van der Waals surface area contributed by atoms with Gasteiger partial charge in [0.25, 0.3) is 0 Å². The molecule has 0 bridgehead atoms. The van der Waals surface area contributed by atoms with Crippen molar-refractivity contribution in [3.63, 3.8) is 0 Å². The normalized spacial score (nSPS) is 16.9. The summed E-state index contributed by atoms with van der Waals surface area (Å²) in [6.45, 7) is 0. The Hall–Kier alpha value is -2.16. The van der Waals surface area contributed by atoms with Gasteiger partial charge in [0, 0.05) is 5.92 Å². The lowest BCUT2D eigenvalue weighted by Gasteiger charge is -2.20. The fraction of sp³-hybridized carbons (Fsp3) is 0.200. The molecule has 0 unspecified atom stereocenters. The number of carbonyl (C=O) groups is 2. The van der Waals surface area contributed by atoms with Crippen molar-refractivity contribution < 1.29 is 14.3 Å². The molecular weight excluding hydrogens is 228 g/mol. The molecule has 0 N–H and O–H groups in total. The second kappa shape index (κ2) is 4.26. The summed E-state index contributed by atoms with van der Waals surface area (Å²) < 4.78 is 4.55. The van der Waals surface area contributed by atoms with E-state index in [0.717, 1.165) is 16.3 Å². The predicted octanol–water partition coefficient (Wildman–Crippen LogP) is 2.79. The first-order chi connectivity index (χ1) is 8.72. The molecule has 0 aliphatic carbocycles. The van der Waals surface area contributed by atoms with E-state index in [-0.39, 0.29) is 18.8 Å². The van der Waals surface area contributed by atoms with Gasteiger partial charge in [0.1, 0.15) is 0 Å². The summed E-state index contributed by atoms with van der Waals surface area (Å²) in [6.07, 6.45) is 0.564. The van der Waals surface area contributed by atoms with Crippen LogP contribution >= 0.6 is 0 Å². The average Bonchev–Trinajstić information content (AvgIpc) is 2.37. The molecule has 3 rings (SSSR count). The SMILES string of the molecule is O=C1CC(c2ccc3ccccc3c2)CC(=O)O1. The minimum absolute atomic E-state index is 0.0524. The Balaban J connectivity index is 1.98. The Bertz CT molecular complexity index is 614. The molecule has 1 saturated heterocycles. The molecule has 18 heavy (non-hydrogen) atoms. The number of esters is 2. The van der Waals surface area contributed by atoms with Gasteiger partial charge in [-0.1, -0.05) is 42.5 Å². The van der Waals surface area contributed by atoms with Crippen LogP contribution in [0.4, 0.5) is 0 Å². The minimum atomic E-state index is -0.426. The Morgan fingerprint density at radius 1 is 0.889 bits per heavy atom. The summed E-state index contributed by atoms with van der Waals surface area (Å²) >= 11 is 0. The quantitative estimate of drug-likeness (QED) is 0.568. The van der Waals surface area contributed by atoms with E-state index in [1.807, 2.05) is 42.5 Å². The molecule has 1 heterocycles. The molecule has 3 nitrogen and oxygen atoms in total. The highest BCUT2D eigenvalue weighted by atomic mass is 16.6. The van der Waals surface area contributed by atoms with Crippen molar-refractivity contribution >= 4 is 22.7 Å². The largest absolute Gasteiger partial charge is 0.393 e. The van der Waals surface area contributed by atoms with Gasteiger partial charge in [0.15, 0.2) is 0 Å². The fourth-order valence-electron chi connectivity index (χ4n) is 2.38. The van der Waals surface area contributed by atoms with E-state index in [0.29, 0.717) is 0 Å². The molecular formula is C15H12O3. The molecule has 90 valence electrons. The maximum Gasteiger partial charge on any atom is 0.314 e. The average molecular weight is 240 g/mol. The molecule has 2 aromatic carbocycles. The van der Waals surface area contributed by atoms with Crippen LogP contribution < -0.4 is 0 Å². The number of cyclic esters (lactones) is 2. The third-order valence-electron chi connectivity index (χ3n) is 3.30. The van der Waals surface area contributed by atoms with E-state index in [4.69, 9.17) is 0 Å². The van der Waals surface area contributed by atoms with Crippen molar-refractivity contribution in [1.82, 2.24) is 0 Å². The van der Waals surface area contributed by atoms with Gasteiger partial charge in [0.2, 0.25) is 0 Å². The van der Waals surface area contributed by atoms with Crippen LogP contribution in [0.2, 0.25) is 0 Å². The van der Waals surface area contributed by atoms with Crippen LogP contribution in [0.5, 0.6) is 0 Å². The molecule has 0 radical (unpaired) electrons. The van der Waals surface area contributed by atoms with E-state index in [2.05, 4.69) is 4.74 Å². The standard InChI is InChI=1S/C15H12O3/c16-14-8-13(9-15(17)18-14)12-6-5-10-3-1-2-4-11(10)7-12/h1-7,13H,8-9H2. The second-order valence-corrected chi connectivity index (χ2v) is 4.56. The molecule has 3 heteroatoms. The lowest BCUT2D eigenvalue weighted by Crippen LogP contribution is -2.24. The maximum atomic E-state index is 11.3. The van der Waals surface area contributed by atoms with Gasteiger partial charge >= 0.3 is 11.9 Å². The van der Waals surface area contributed by atoms with Gasteiger partial charge in [-0.15, -0.1) is 0 Å². The van der Waals surface area contributed by atoms with E-state index in [1.165, 1.54) is 0 Å². The molecule has 1 fully saturated rings. The van der Waals surface area contributed by atoms with Crippen LogP contribution in [0, 0.1) is 0 Å². The van der Waals surface area contributed by atoms with Crippen molar-refractivity contribution in [2.45, 2.75) is 18.8 Å². The van der Waals surface area contributed by atoms with Crippen molar-refractivity contribution in [2.24, 2.45) is 0 Å². The summed E-state index contributed by atoms with van der Waals surface area (Å²) in [5.74, 6) is -0.905.